The van der Waals surface area contributed by atoms with Crippen molar-refractivity contribution in [2.45, 2.75) is 20.3 Å². The van der Waals surface area contributed by atoms with E-state index in [0.29, 0.717) is 0 Å². The molecule has 20 heavy (non-hydrogen) atoms. The summed E-state index contributed by atoms with van der Waals surface area (Å²) >= 11 is 0. The molecule has 0 bridgehead atoms. The highest BCUT2D eigenvalue weighted by Gasteiger charge is 2.23. The van der Waals surface area contributed by atoms with Gasteiger partial charge in [-0.2, -0.15) is 0 Å². The number of aromatic amines is 1. The highest BCUT2D eigenvalue weighted by atomic mass is 16.2. The fraction of sp³-hybridized carbons (Fsp3) is 0.438. The van der Waals surface area contributed by atoms with Crippen LogP contribution in [0.15, 0.2) is 18.2 Å². The number of fused-ring (bicyclic) bond motifs is 1. The monoisotopic (exact) mass is 271 g/mol. The summed E-state index contributed by atoms with van der Waals surface area (Å²) in [5.74, 6) is 0.156. The van der Waals surface area contributed by atoms with Crippen LogP contribution < -0.4 is 5.32 Å². The van der Waals surface area contributed by atoms with Crippen molar-refractivity contribution >= 4 is 16.8 Å². The number of hydrogen-bond acceptors (Lipinski definition) is 2. The fourth-order valence-corrected chi connectivity index (χ4v) is 2.90. The normalized spacial score (nSPS) is 15.8. The molecule has 106 valence electrons. The van der Waals surface area contributed by atoms with Crippen molar-refractivity contribution in [3.63, 3.8) is 0 Å². The van der Waals surface area contributed by atoms with Gasteiger partial charge in [0.05, 0.1) is 5.56 Å². The highest BCUT2D eigenvalue weighted by molar-refractivity contribution is 6.08. The molecule has 0 radical (unpaired) electrons. The minimum Gasteiger partial charge on any atom is -0.358 e. The average Bonchev–Trinajstić information content (AvgIpc) is 2.82. The number of carbonyl (C=O) groups is 1. The molecule has 1 aromatic carbocycles. The lowest BCUT2D eigenvalue weighted by molar-refractivity contribution is 0.0737. The van der Waals surface area contributed by atoms with Crippen molar-refractivity contribution in [2.75, 3.05) is 26.2 Å². The third-order valence-electron chi connectivity index (χ3n) is 4.08. The quantitative estimate of drug-likeness (QED) is 0.878. The summed E-state index contributed by atoms with van der Waals surface area (Å²) in [5.41, 5.74) is 4.14. The second kappa shape index (κ2) is 5.29. The molecular formula is C16H21N3O. The molecule has 1 amide bonds. The SMILES string of the molecule is CCc1ccc2[nH]c(C)c(C(=O)N3CCNCC3)c2c1. The van der Waals surface area contributed by atoms with Gasteiger partial charge in [0, 0.05) is 42.8 Å². The number of aryl methyl sites for hydroxylation is 2. The summed E-state index contributed by atoms with van der Waals surface area (Å²) in [7, 11) is 0. The number of H-pyrrole nitrogens is 1. The molecule has 0 spiro atoms. The van der Waals surface area contributed by atoms with E-state index in [0.717, 1.165) is 54.8 Å². The fourth-order valence-electron chi connectivity index (χ4n) is 2.90. The van der Waals surface area contributed by atoms with Crippen LogP contribution in [0.25, 0.3) is 10.9 Å². The molecule has 2 N–H and O–H groups in total. The first-order valence-electron chi connectivity index (χ1n) is 7.32. The van der Waals surface area contributed by atoms with E-state index >= 15 is 0 Å². The van der Waals surface area contributed by atoms with Gasteiger partial charge in [0.25, 0.3) is 5.91 Å². The van der Waals surface area contributed by atoms with Crippen LogP contribution >= 0.6 is 0 Å². The lowest BCUT2D eigenvalue weighted by Gasteiger charge is -2.27. The first-order chi connectivity index (χ1) is 9.70. The van der Waals surface area contributed by atoms with Gasteiger partial charge in [0.15, 0.2) is 0 Å². The van der Waals surface area contributed by atoms with Crippen molar-refractivity contribution in [1.82, 2.24) is 15.2 Å². The average molecular weight is 271 g/mol. The van der Waals surface area contributed by atoms with Gasteiger partial charge in [0.2, 0.25) is 0 Å². The second-order valence-corrected chi connectivity index (χ2v) is 5.40. The Kier molecular flexibility index (Phi) is 3.49. The molecule has 4 heteroatoms. The van der Waals surface area contributed by atoms with Crippen molar-refractivity contribution < 1.29 is 4.79 Å². The van der Waals surface area contributed by atoms with Gasteiger partial charge in [-0.25, -0.2) is 0 Å². The number of piperazine rings is 1. The molecule has 1 aliphatic heterocycles. The minimum atomic E-state index is 0.156. The lowest BCUT2D eigenvalue weighted by atomic mass is 10.1. The van der Waals surface area contributed by atoms with Crippen LogP contribution in [0.1, 0.15) is 28.5 Å². The summed E-state index contributed by atoms with van der Waals surface area (Å²) < 4.78 is 0. The topological polar surface area (TPSA) is 48.1 Å². The Hall–Kier alpha value is -1.81. The molecule has 0 unspecified atom stereocenters. The van der Waals surface area contributed by atoms with E-state index in [4.69, 9.17) is 0 Å². The molecule has 3 rings (SSSR count). The van der Waals surface area contributed by atoms with Crippen LogP contribution in [0.2, 0.25) is 0 Å². The number of benzene rings is 1. The summed E-state index contributed by atoms with van der Waals surface area (Å²) in [6.07, 6.45) is 0.988. The van der Waals surface area contributed by atoms with Gasteiger partial charge in [0.1, 0.15) is 0 Å². The molecule has 2 heterocycles. The molecule has 1 fully saturated rings. The highest BCUT2D eigenvalue weighted by Crippen LogP contribution is 2.25. The van der Waals surface area contributed by atoms with Crippen LogP contribution in [0.4, 0.5) is 0 Å². The first kappa shape index (κ1) is 13.2. The van der Waals surface area contributed by atoms with Gasteiger partial charge < -0.3 is 15.2 Å². The number of rotatable bonds is 2. The van der Waals surface area contributed by atoms with Crippen LogP contribution in [-0.2, 0) is 6.42 Å². The van der Waals surface area contributed by atoms with E-state index in [-0.39, 0.29) is 5.91 Å². The van der Waals surface area contributed by atoms with Gasteiger partial charge in [-0.1, -0.05) is 13.0 Å². The maximum Gasteiger partial charge on any atom is 0.256 e. The zero-order valence-electron chi connectivity index (χ0n) is 12.1. The number of carbonyl (C=O) groups excluding carboxylic acids is 1. The van der Waals surface area contributed by atoms with Crippen LogP contribution in [0.5, 0.6) is 0 Å². The smallest absolute Gasteiger partial charge is 0.256 e. The zero-order chi connectivity index (χ0) is 14.1. The van der Waals surface area contributed by atoms with Crippen molar-refractivity contribution in [3.05, 3.63) is 35.0 Å². The Morgan fingerprint density at radius 1 is 1.30 bits per heavy atom. The first-order valence-corrected chi connectivity index (χ1v) is 7.32. The van der Waals surface area contributed by atoms with E-state index in [1.807, 2.05) is 11.8 Å². The van der Waals surface area contributed by atoms with Crippen molar-refractivity contribution in [2.24, 2.45) is 0 Å². The minimum absolute atomic E-state index is 0.156. The van der Waals surface area contributed by atoms with E-state index in [9.17, 15) is 4.79 Å². The summed E-state index contributed by atoms with van der Waals surface area (Å²) in [6, 6.07) is 6.35. The number of hydrogen-bond donors (Lipinski definition) is 2. The Labute approximate surface area is 119 Å². The van der Waals surface area contributed by atoms with E-state index in [2.05, 4.69) is 35.4 Å². The maximum atomic E-state index is 12.8. The van der Waals surface area contributed by atoms with Crippen LogP contribution in [-0.4, -0.2) is 42.0 Å². The summed E-state index contributed by atoms with van der Waals surface area (Å²) in [6.45, 7) is 7.47. The maximum absolute atomic E-state index is 12.8. The van der Waals surface area contributed by atoms with E-state index in [1.165, 1.54) is 5.56 Å². The number of aromatic nitrogens is 1. The van der Waals surface area contributed by atoms with Gasteiger partial charge in [-0.3, -0.25) is 4.79 Å². The molecule has 2 aromatic rings. The third kappa shape index (κ3) is 2.20. The number of nitrogens with zero attached hydrogens (tertiary/aromatic N) is 1. The summed E-state index contributed by atoms with van der Waals surface area (Å²) in [4.78, 5) is 18.1. The largest absolute Gasteiger partial charge is 0.358 e. The van der Waals surface area contributed by atoms with Gasteiger partial charge in [-0.15, -0.1) is 0 Å². The molecule has 0 atom stereocenters. The Balaban J connectivity index is 2.04. The molecule has 1 saturated heterocycles. The molecule has 1 aromatic heterocycles. The second-order valence-electron chi connectivity index (χ2n) is 5.40. The van der Waals surface area contributed by atoms with Crippen LogP contribution in [0, 0.1) is 6.92 Å². The molecule has 0 saturated carbocycles. The number of amides is 1. The van der Waals surface area contributed by atoms with Crippen molar-refractivity contribution in [1.29, 1.82) is 0 Å². The predicted molar refractivity (Wildman–Crippen MR) is 81.2 cm³/mol. The Morgan fingerprint density at radius 2 is 2.05 bits per heavy atom. The molecule has 4 nitrogen and oxygen atoms in total. The Morgan fingerprint density at radius 3 is 2.75 bits per heavy atom. The zero-order valence-corrected chi connectivity index (χ0v) is 12.1. The molecule has 0 aliphatic carbocycles. The third-order valence-corrected chi connectivity index (χ3v) is 4.08. The predicted octanol–water partition coefficient (Wildman–Crippen LogP) is 2.08. The molecular weight excluding hydrogens is 250 g/mol. The van der Waals surface area contributed by atoms with E-state index in [1.54, 1.807) is 0 Å². The standard InChI is InChI=1S/C16H21N3O/c1-3-12-4-5-14-13(10-12)15(11(2)18-14)16(20)19-8-6-17-7-9-19/h4-5,10,17-18H,3,6-9H2,1-2H3. The molecule has 1 aliphatic rings. The van der Waals surface area contributed by atoms with Crippen molar-refractivity contribution in [3.8, 4) is 0 Å². The Bertz CT molecular complexity index is 638. The van der Waals surface area contributed by atoms with Gasteiger partial charge in [-0.05, 0) is 31.0 Å². The van der Waals surface area contributed by atoms with Crippen LogP contribution in [0.3, 0.4) is 0 Å². The lowest BCUT2D eigenvalue weighted by Crippen LogP contribution is -2.46. The number of nitrogens with one attached hydrogen (secondary N) is 2. The van der Waals surface area contributed by atoms with Gasteiger partial charge >= 0.3 is 0 Å². The van der Waals surface area contributed by atoms with E-state index < -0.39 is 0 Å². The summed E-state index contributed by atoms with van der Waals surface area (Å²) in [5, 5.41) is 4.34.